The molecular weight excluding hydrogens is 299 g/mol. The van der Waals surface area contributed by atoms with Crippen LogP contribution in [0.4, 0.5) is 30.7 Å². The molecule has 0 aromatic carbocycles. The Morgan fingerprint density at radius 3 is 2.15 bits per heavy atom. The van der Waals surface area contributed by atoms with Gasteiger partial charge in [0, 0.05) is 6.20 Å². The molecule has 1 aromatic heterocycles. The van der Waals surface area contributed by atoms with Crippen molar-refractivity contribution in [3.63, 3.8) is 0 Å². The zero-order chi connectivity index (χ0) is 15.8. The average Bonchev–Trinajstić information content (AvgIpc) is 2.36. The van der Waals surface area contributed by atoms with Crippen molar-refractivity contribution in [2.75, 3.05) is 7.11 Å². The van der Waals surface area contributed by atoms with Crippen LogP contribution in [0.5, 0.6) is 0 Å². The van der Waals surface area contributed by atoms with Gasteiger partial charge in [0.2, 0.25) is 0 Å². The normalized spacial score (nSPS) is 13.2. The first kappa shape index (κ1) is 16.2. The lowest BCUT2D eigenvalue weighted by molar-refractivity contribution is -0.359. The summed E-state index contributed by atoms with van der Waals surface area (Å²) in [5.41, 5.74) is -3.18. The molecule has 0 saturated heterocycles. The number of nitrogens with zero attached hydrogens (tertiary/aromatic N) is 1. The summed E-state index contributed by atoms with van der Waals surface area (Å²) in [4.78, 5) is 14.2. The number of hydrogen-bond acceptors (Lipinski definition) is 3. The standard InChI is InChI=1S/C10H6F7NO2/c1-20-7(19)6-5(3-2-4-18-6)8(11,12)9(13,14)10(15,16)17/h2-4H,1H3. The second-order valence-corrected chi connectivity index (χ2v) is 3.54. The number of carbonyl (C=O) groups excluding carboxylic acids is 1. The van der Waals surface area contributed by atoms with Crippen molar-refractivity contribution in [3.05, 3.63) is 29.6 Å². The Hall–Kier alpha value is -1.87. The van der Waals surface area contributed by atoms with Gasteiger partial charge in [-0.25, -0.2) is 9.78 Å². The molecular formula is C10H6F7NO2. The zero-order valence-electron chi connectivity index (χ0n) is 9.64. The Balaban J connectivity index is 3.47. The minimum atomic E-state index is -6.50. The van der Waals surface area contributed by atoms with Crippen molar-refractivity contribution in [1.29, 1.82) is 0 Å². The number of pyridine rings is 1. The van der Waals surface area contributed by atoms with Crippen molar-refractivity contribution < 1.29 is 40.3 Å². The number of esters is 1. The van der Waals surface area contributed by atoms with Gasteiger partial charge in [0.25, 0.3) is 0 Å². The molecule has 0 aliphatic rings. The average molecular weight is 305 g/mol. The highest BCUT2D eigenvalue weighted by Gasteiger charge is 2.74. The van der Waals surface area contributed by atoms with Crippen LogP contribution in [0.1, 0.15) is 16.1 Å². The van der Waals surface area contributed by atoms with E-state index in [9.17, 15) is 35.5 Å². The molecule has 0 aliphatic carbocycles. The maximum atomic E-state index is 13.5. The molecule has 0 aliphatic heterocycles. The zero-order valence-corrected chi connectivity index (χ0v) is 9.64. The van der Waals surface area contributed by atoms with Gasteiger partial charge in [0.05, 0.1) is 12.7 Å². The highest BCUT2D eigenvalue weighted by molar-refractivity contribution is 5.89. The number of carbonyl (C=O) groups is 1. The minimum absolute atomic E-state index is 0.249. The van der Waals surface area contributed by atoms with Gasteiger partial charge < -0.3 is 4.74 Å². The van der Waals surface area contributed by atoms with Crippen LogP contribution in [0.15, 0.2) is 18.3 Å². The van der Waals surface area contributed by atoms with Gasteiger partial charge in [-0.1, -0.05) is 0 Å². The fourth-order valence-corrected chi connectivity index (χ4v) is 1.27. The van der Waals surface area contributed by atoms with E-state index in [0.717, 1.165) is 13.3 Å². The maximum absolute atomic E-state index is 13.5. The van der Waals surface area contributed by atoms with Crippen LogP contribution < -0.4 is 0 Å². The Morgan fingerprint density at radius 2 is 1.70 bits per heavy atom. The predicted octanol–water partition coefficient (Wildman–Crippen LogP) is 3.16. The molecule has 0 saturated carbocycles. The number of halogens is 7. The van der Waals surface area contributed by atoms with E-state index in [2.05, 4.69) is 9.72 Å². The molecule has 0 unspecified atom stereocenters. The summed E-state index contributed by atoms with van der Waals surface area (Å²) < 4.78 is 92.9. The first-order valence-electron chi connectivity index (χ1n) is 4.83. The van der Waals surface area contributed by atoms with E-state index >= 15 is 0 Å². The van der Waals surface area contributed by atoms with Gasteiger partial charge in [-0.05, 0) is 12.1 Å². The third kappa shape index (κ3) is 2.41. The number of hydrogen-bond donors (Lipinski definition) is 0. The molecule has 1 heterocycles. The van der Waals surface area contributed by atoms with Gasteiger partial charge in [-0.2, -0.15) is 30.7 Å². The van der Waals surface area contributed by atoms with Crippen LogP contribution >= 0.6 is 0 Å². The third-order valence-corrected chi connectivity index (χ3v) is 2.28. The van der Waals surface area contributed by atoms with Crippen LogP contribution in [0.2, 0.25) is 0 Å². The molecule has 10 heteroatoms. The van der Waals surface area contributed by atoms with Gasteiger partial charge in [0.15, 0.2) is 5.69 Å². The summed E-state index contributed by atoms with van der Waals surface area (Å²) >= 11 is 0. The number of rotatable bonds is 3. The second kappa shape index (κ2) is 4.91. The summed E-state index contributed by atoms with van der Waals surface area (Å²) in [5.74, 6) is -13.6. The maximum Gasteiger partial charge on any atom is 0.460 e. The Kier molecular flexibility index (Phi) is 3.97. The third-order valence-electron chi connectivity index (χ3n) is 2.28. The van der Waals surface area contributed by atoms with E-state index in [1.165, 1.54) is 0 Å². The van der Waals surface area contributed by atoms with E-state index in [0.29, 0.717) is 6.07 Å². The first-order chi connectivity index (χ1) is 8.96. The molecule has 1 aromatic rings. The van der Waals surface area contributed by atoms with Crippen LogP contribution in [0.25, 0.3) is 0 Å². The molecule has 3 nitrogen and oxygen atoms in total. The van der Waals surface area contributed by atoms with E-state index in [1.54, 1.807) is 0 Å². The van der Waals surface area contributed by atoms with Crippen LogP contribution in [0, 0.1) is 0 Å². The largest absolute Gasteiger partial charge is 0.464 e. The van der Waals surface area contributed by atoms with Crippen LogP contribution in [-0.4, -0.2) is 30.2 Å². The van der Waals surface area contributed by atoms with Gasteiger partial charge >= 0.3 is 24.0 Å². The van der Waals surface area contributed by atoms with Gasteiger partial charge in [0.1, 0.15) is 0 Å². The molecule has 0 atom stereocenters. The number of alkyl halides is 7. The minimum Gasteiger partial charge on any atom is -0.464 e. The first-order valence-corrected chi connectivity index (χ1v) is 4.83. The highest BCUT2D eigenvalue weighted by Crippen LogP contribution is 2.52. The van der Waals surface area contributed by atoms with Crippen molar-refractivity contribution in [2.24, 2.45) is 0 Å². The molecule has 0 N–H and O–H groups in total. The van der Waals surface area contributed by atoms with Crippen molar-refractivity contribution in [1.82, 2.24) is 4.98 Å². The smallest absolute Gasteiger partial charge is 0.460 e. The summed E-state index contributed by atoms with van der Waals surface area (Å²) in [6.07, 6.45) is -5.72. The summed E-state index contributed by atoms with van der Waals surface area (Å²) in [7, 11) is 0.737. The van der Waals surface area contributed by atoms with Crippen molar-refractivity contribution >= 4 is 5.97 Å². The van der Waals surface area contributed by atoms with Gasteiger partial charge in [-0.15, -0.1) is 0 Å². The predicted molar refractivity (Wildman–Crippen MR) is 50.5 cm³/mol. The number of ether oxygens (including phenoxy) is 1. The number of aromatic nitrogens is 1. The lowest BCUT2D eigenvalue weighted by Gasteiger charge is -2.28. The second-order valence-electron chi connectivity index (χ2n) is 3.54. The Bertz CT molecular complexity index is 513. The van der Waals surface area contributed by atoms with E-state index in [4.69, 9.17) is 0 Å². The van der Waals surface area contributed by atoms with E-state index in [1.807, 2.05) is 0 Å². The molecule has 0 fully saturated rings. The topological polar surface area (TPSA) is 39.2 Å². The van der Waals surface area contributed by atoms with E-state index < -0.39 is 35.2 Å². The molecule has 0 bridgehead atoms. The summed E-state index contributed by atoms with van der Waals surface area (Å²) in [6.45, 7) is 0. The van der Waals surface area contributed by atoms with Crippen LogP contribution in [0.3, 0.4) is 0 Å². The lowest BCUT2D eigenvalue weighted by atomic mass is 10.00. The fraction of sp³-hybridized carbons (Fsp3) is 0.400. The fourth-order valence-electron chi connectivity index (χ4n) is 1.27. The van der Waals surface area contributed by atoms with Gasteiger partial charge in [-0.3, -0.25) is 0 Å². The molecule has 0 radical (unpaired) electrons. The van der Waals surface area contributed by atoms with E-state index in [-0.39, 0.29) is 6.07 Å². The van der Waals surface area contributed by atoms with Crippen molar-refractivity contribution in [2.45, 2.75) is 18.0 Å². The Morgan fingerprint density at radius 1 is 1.15 bits per heavy atom. The summed E-state index contributed by atoms with van der Waals surface area (Å²) in [6, 6.07) is 0.945. The Labute approximate surface area is 107 Å². The molecule has 0 spiro atoms. The van der Waals surface area contributed by atoms with Crippen LogP contribution in [-0.2, 0) is 10.7 Å². The summed E-state index contributed by atoms with van der Waals surface area (Å²) in [5, 5.41) is 0. The monoisotopic (exact) mass is 305 g/mol. The molecule has 1 rings (SSSR count). The lowest BCUT2D eigenvalue weighted by Crippen LogP contribution is -2.50. The molecule has 20 heavy (non-hydrogen) atoms. The SMILES string of the molecule is COC(=O)c1ncccc1C(F)(F)C(F)(F)C(F)(F)F. The molecule has 112 valence electrons. The number of methoxy groups -OCH3 is 1. The van der Waals surface area contributed by atoms with Crippen molar-refractivity contribution in [3.8, 4) is 0 Å². The quantitative estimate of drug-likeness (QED) is 0.636. The highest BCUT2D eigenvalue weighted by atomic mass is 19.4. The molecule has 0 amide bonds.